The molecule has 0 aliphatic carbocycles. The van der Waals surface area contributed by atoms with Crippen LogP contribution in [0.2, 0.25) is 0 Å². The second-order valence-electron chi connectivity index (χ2n) is 5.03. The number of rotatable bonds is 4. The molecule has 1 fully saturated rings. The maximum absolute atomic E-state index is 12.3. The van der Waals surface area contributed by atoms with Gasteiger partial charge in [0.05, 0.1) is 25.9 Å². The van der Waals surface area contributed by atoms with Gasteiger partial charge in [-0.15, -0.1) is 10.2 Å². The number of aromatic nitrogens is 2. The van der Waals surface area contributed by atoms with Gasteiger partial charge in [-0.3, -0.25) is 4.79 Å². The van der Waals surface area contributed by atoms with Gasteiger partial charge in [0.2, 0.25) is 0 Å². The normalized spacial score (nSPS) is 14.4. The number of carbonyl (C=O) groups is 1. The van der Waals surface area contributed by atoms with E-state index in [0.717, 1.165) is 18.9 Å². The number of nitrogens with one attached hydrogen (secondary N) is 1. The van der Waals surface area contributed by atoms with Crippen LogP contribution in [-0.4, -0.2) is 49.5 Å². The highest BCUT2D eigenvalue weighted by molar-refractivity contribution is 6.05. The number of ether oxygens (including phenoxy) is 2. The SMILES string of the molecule is COc1ccccc1C(=O)Nc1ccc(N2CCOCC2)nn1. The first-order valence-electron chi connectivity index (χ1n) is 7.39. The van der Waals surface area contributed by atoms with Gasteiger partial charge in [0.1, 0.15) is 5.75 Å². The first-order chi connectivity index (χ1) is 11.3. The van der Waals surface area contributed by atoms with Crippen LogP contribution in [0.3, 0.4) is 0 Å². The van der Waals surface area contributed by atoms with Crippen molar-refractivity contribution in [2.45, 2.75) is 0 Å². The molecule has 1 aromatic carbocycles. The Kier molecular flexibility index (Phi) is 4.68. The molecule has 1 aromatic heterocycles. The molecule has 0 radical (unpaired) electrons. The molecule has 0 unspecified atom stereocenters. The summed E-state index contributed by atoms with van der Waals surface area (Å²) >= 11 is 0. The topological polar surface area (TPSA) is 76.6 Å². The van der Waals surface area contributed by atoms with E-state index < -0.39 is 0 Å². The molecular formula is C16H18N4O3. The van der Waals surface area contributed by atoms with Gasteiger partial charge in [-0.05, 0) is 24.3 Å². The highest BCUT2D eigenvalue weighted by atomic mass is 16.5. The number of benzene rings is 1. The van der Waals surface area contributed by atoms with Crippen LogP contribution >= 0.6 is 0 Å². The van der Waals surface area contributed by atoms with E-state index in [-0.39, 0.29) is 5.91 Å². The van der Waals surface area contributed by atoms with Gasteiger partial charge >= 0.3 is 0 Å². The van der Waals surface area contributed by atoms with Gasteiger partial charge in [-0.2, -0.15) is 0 Å². The van der Waals surface area contributed by atoms with Crippen molar-refractivity contribution in [3.8, 4) is 5.75 Å². The highest BCUT2D eigenvalue weighted by Crippen LogP contribution is 2.19. The number of carbonyl (C=O) groups excluding carboxylic acids is 1. The molecule has 0 saturated carbocycles. The predicted molar refractivity (Wildman–Crippen MR) is 86.0 cm³/mol. The number of para-hydroxylation sites is 1. The zero-order chi connectivity index (χ0) is 16.1. The van der Waals surface area contributed by atoms with Gasteiger partial charge in [0.25, 0.3) is 5.91 Å². The molecule has 2 aromatic rings. The molecule has 120 valence electrons. The van der Waals surface area contributed by atoms with Gasteiger partial charge < -0.3 is 19.7 Å². The zero-order valence-corrected chi connectivity index (χ0v) is 12.9. The Hall–Kier alpha value is -2.67. The second kappa shape index (κ2) is 7.06. The molecular weight excluding hydrogens is 296 g/mol. The van der Waals surface area contributed by atoms with Crippen LogP contribution in [0.1, 0.15) is 10.4 Å². The van der Waals surface area contributed by atoms with E-state index in [1.165, 1.54) is 7.11 Å². The molecule has 1 saturated heterocycles. The second-order valence-corrected chi connectivity index (χ2v) is 5.03. The highest BCUT2D eigenvalue weighted by Gasteiger charge is 2.15. The fourth-order valence-electron chi connectivity index (χ4n) is 2.37. The van der Waals surface area contributed by atoms with Crippen molar-refractivity contribution >= 4 is 17.5 Å². The predicted octanol–water partition coefficient (Wildman–Crippen LogP) is 1.57. The third-order valence-corrected chi connectivity index (χ3v) is 3.58. The average molecular weight is 314 g/mol. The van der Waals surface area contributed by atoms with Crippen molar-refractivity contribution in [2.75, 3.05) is 43.6 Å². The lowest BCUT2D eigenvalue weighted by Gasteiger charge is -2.27. The van der Waals surface area contributed by atoms with Crippen molar-refractivity contribution in [1.82, 2.24) is 10.2 Å². The van der Waals surface area contributed by atoms with Crippen molar-refractivity contribution in [1.29, 1.82) is 0 Å². The Morgan fingerprint density at radius 3 is 2.65 bits per heavy atom. The minimum atomic E-state index is -0.282. The van der Waals surface area contributed by atoms with Crippen LogP contribution in [0, 0.1) is 0 Å². The molecule has 3 rings (SSSR count). The maximum Gasteiger partial charge on any atom is 0.260 e. The molecule has 1 aliphatic heterocycles. The molecule has 1 aliphatic rings. The van der Waals surface area contributed by atoms with Crippen LogP contribution in [-0.2, 0) is 4.74 Å². The molecule has 0 spiro atoms. The van der Waals surface area contributed by atoms with Crippen molar-refractivity contribution in [2.24, 2.45) is 0 Å². The fourth-order valence-corrected chi connectivity index (χ4v) is 2.37. The molecule has 0 bridgehead atoms. The molecule has 7 heteroatoms. The smallest absolute Gasteiger partial charge is 0.260 e. The minimum absolute atomic E-state index is 0.282. The Balaban J connectivity index is 1.69. The van der Waals surface area contributed by atoms with Crippen LogP contribution in [0.5, 0.6) is 5.75 Å². The minimum Gasteiger partial charge on any atom is -0.496 e. The first-order valence-corrected chi connectivity index (χ1v) is 7.39. The van der Waals surface area contributed by atoms with E-state index in [2.05, 4.69) is 20.4 Å². The largest absolute Gasteiger partial charge is 0.496 e. The number of amides is 1. The quantitative estimate of drug-likeness (QED) is 0.923. The summed E-state index contributed by atoms with van der Waals surface area (Å²) in [6.07, 6.45) is 0. The van der Waals surface area contributed by atoms with Crippen LogP contribution in [0.15, 0.2) is 36.4 Å². The van der Waals surface area contributed by atoms with Gasteiger partial charge in [-0.1, -0.05) is 12.1 Å². The lowest BCUT2D eigenvalue weighted by molar-refractivity contribution is 0.102. The lowest BCUT2D eigenvalue weighted by atomic mass is 10.2. The van der Waals surface area contributed by atoms with Crippen molar-refractivity contribution in [3.05, 3.63) is 42.0 Å². The molecule has 23 heavy (non-hydrogen) atoms. The van der Waals surface area contributed by atoms with E-state index in [1.54, 1.807) is 24.3 Å². The number of anilines is 2. The molecule has 0 atom stereocenters. The summed E-state index contributed by atoms with van der Waals surface area (Å²) in [6, 6.07) is 10.6. The molecule has 2 heterocycles. The lowest BCUT2D eigenvalue weighted by Crippen LogP contribution is -2.36. The van der Waals surface area contributed by atoms with E-state index in [9.17, 15) is 4.79 Å². The van der Waals surface area contributed by atoms with E-state index in [4.69, 9.17) is 9.47 Å². The number of hydrogen-bond donors (Lipinski definition) is 1. The van der Waals surface area contributed by atoms with Crippen molar-refractivity contribution in [3.63, 3.8) is 0 Å². The van der Waals surface area contributed by atoms with Gasteiger partial charge in [0, 0.05) is 13.1 Å². The first kappa shape index (κ1) is 15.2. The third-order valence-electron chi connectivity index (χ3n) is 3.58. The average Bonchev–Trinajstić information content (AvgIpc) is 2.63. The monoisotopic (exact) mass is 314 g/mol. The number of nitrogens with zero attached hydrogens (tertiary/aromatic N) is 3. The Morgan fingerprint density at radius 1 is 1.17 bits per heavy atom. The number of methoxy groups -OCH3 is 1. The third kappa shape index (κ3) is 3.57. The summed E-state index contributed by atoms with van der Waals surface area (Å²) in [5.74, 6) is 1.42. The Bertz CT molecular complexity index is 669. The summed E-state index contributed by atoms with van der Waals surface area (Å²) in [4.78, 5) is 14.4. The Morgan fingerprint density at radius 2 is 1.96 bits per heavy atom. The molecule has 1 N–H and O–H groups in total. The van der Waals surface area contributed by atoms with Gasteiger partial charge in [0.15, 0.2) is 11.6 Å². The van der Waals surface area contributed by atoms with E-state index >= 15 is 0 Å². The zero-order valence-electron chi connectivity index (χ0n) is 12.9. The van der Waals surface area contributed by atoms with Crippen LogP contribution in [0.4, 0.5) is 11.6 Å². The van der Waals surface area contributed by atoms with E-state index in [0.29, 0.717) is 30.3 Å². The van der Waals surface area contributed by atoms with Crippen LogP contribution < -0.4 is 15.0 Å². The maximum atomic E-state index is 12.3. The number of hydrogen-bond acceptors (Lipinski definition) is 6. The molecule has 1 amide bonds. The van der Waals surface area contributed by atoms with E-state index in [1.807, 2.05) is 12.1 Å². The summed E-state index contributed by atoms with van der Waals surface area (Å²) in [5, 5.41) is 11.0. The fraction of sp³-hybridized carbons (Fsp3) is 0.312. The van der Waals surface area contributed by atoms with Crippen molar-refractivity contribution < 1.29 is 14.3 Å². The van der Waals surface area contributed by atoms with Crippen LogP contribution in [0.25, 0.3) is 0 Å². The molecule has 7 nitrogen and oxygen atoms in total. The number of morpholine rings is 1. The standard InChI is InChI=1S/C16H18N4O3/c1-22-13-5-3-2-4-12(13)16(21)17-14-6-7-15(19-18-14)20-8-10-23-11-9-20/h2-7H,8-11H2,1H3,(H,17,18,21). The Labute approximate surface area is 134 Å². The van der Waals surface area contributed by atoms with Gasteiger partial charge in [-0.25, -0.2) is 0 Å². The summed E-state index contributed by atoms with van der Waals surface area (Å²) in [5.41, 5.74) is 0.453. The summed E-state index contributed by atoms with van der Waals surface area (Å²) in [6.45, 7) is 2.96. The summed E-state index contributed by atoms with van der Waals surface area (Å²) < 4.78 is 10.5. The summed E-state index contributed by atoms with van der Waals surface area (Å²) in [7, 11) is 1.53.